The highest BCUT2D eigenvalue weighted by Gasteiger charge is 1.98. The van der Waals surface area contributed by atoms with Gasteiger partial charge in [0.2, 0.25) is 0 Å². The van der Waals surface area contributed by atoms with Crippen LogP contribution in [0.5, 0.6) is 11.5 Å². The predicted octanol–water partition coefficient (Wildman–Crippen LogP) is 3.58. The predicted molar refractivity (Wildman–Crippen MR) is 73.1 cm³/mol. The summed E-state index contributed by atoms with van der Waals surface area (Å²) in [7, 11) is 1.69. The normalized spacial score (nSPS) is 10.3. The van der Waals surface area contributed by atoms with Gasteiger partial charge in [0.25, 0.3) is 0 Å². The van der Waals surface area contributed by atoms with E-state index in [2.05, 4.69) is 12.1 Å². The first kappa shape index (κ1) is 12.5. The molecule has 0 aliphatic carbocycles. The average Bonchev–Trinajstić information content (AvgIpc) is 2.39. The maximum absolute atomic E-state index is 9.38. The lowest BCUT2D eigenvalue weighted by molar-refractivity contribution is 0.414. The van der Waals surface area contributed by atoms with Crippen molar-refractivity contribution >= 4 is 0 Å². The number of methoxy groups -OCH3 is 1. The lowest BCUT2D eigenvalue weighted by Gasteiger charge is -2.05. The zero-order valence-corrected chi connectivity index (χ0v) is 10.6. The molecule has 94 valence electrons. The van der Waals surface area contributed by atoms with Gasteiger partial charge in [-0.1, -0.05) is 24.3 Å². The second-order valence-electron chi connectivity index (χ2n) is 4.37. The highest BCUT2D eigenvalue weighted by atomic mass is 16.5. The van der Waals surface area contributed by atoms with Crippen LogP contribution in [0.3, 0.4) is 0 Å². The smallest absolute Gasteiger partial charge is 0.119 e. The van der Waals surface area contributed by atoms with Crippen LogP contribution in [0.4, 0.5) is 0 Å². The summed E-state index contributed by atoms with van der Waals surface area (Å²) in [6.07, 6.45) is 3.06. The fraction of sp³-hybridized carbons (Fsp3) is 0.250. The van der Waals surface area contributed by atoms with E-state index in [1.165, 1.54) is 11.1 Å². The highest BCUT2D eigenvalue weighted by Crippen LogP contribution is 2.16. The molecule has 2 nitrogen and oxygen atoms in total. The van der Waals surface area contributed by atoms with Gasteiger partial charge >= 0.3 is 0 Å². The first-order valence-electron chi connectivity index (χ1n) is 6.19. The van der Waals surface area contributed by atoms with Crippen LogP contribution >= 0.6 is 0 Å². The number of benzene rings is 2. The minimum Gasteiger partial charge on any atom is -0.508 e. The number of phenols is 1. The van der Waals surface area contributed by atoms with E-state index < -0.39 is 0 Å². The van der Waals surface area contributed by atoms with Crippen molar-refractivity contribution < 1.29 is 9.84 Å². The molecule has 0 spiro atoms. The molecule has 0 fully saturated rings. The van der Waals surface area contributed by atoms with Gasteiger partial charge in [0, 0.05) is 0 Å². The molecule has 2 aromatic rings. The molecule has 2 rings (SSSR count). The summed E-state index contributed by atoms with van der Waals surface area (Å²) >= 11 is 0. The van der Waals surface area contributed by atoms with Crippen molar-refractivity contribution in [3.63, 3.8) is 0 Å². The second-order valence-corrected chi connectivity index (χ2v) is 4.37. The molecule has 18 heavy (non-hydrogen) atoms. The molecule has 0 aromatic heterocycles. The Balaban J connectivity index is 1.88. The van der Waals surface area contributed by atoms with Crippen LogP contribution in [0.15, 0.2) is 48.5 Å². The topological polar surface area (TPSA) is 29.5 Å². The number of phenolic OH excluding ortho intramolecular Hbond substituents is 1. The van der Waals surface area contributed by atoms with Crippen molar-refractivity contribution in [1.82, 2.24) is 0 Å². The number of rotatable bonds is 5. The van der Waals surface area contributed by atoms with E-state index in [1.807, 2.05) is 30.3 Å². The Morgan fingerprint density at radius 1 is 0.944 bits per heavy atom. The van der Waals surface area contributed by atoms with E-state index >= 15 is 0 Å². The van der Waals surface area contributed by atoms with Crippen LogP contribution in [0.1, 0.15) is 17.5 Å². The Kier molecular flexibility index (Phi) is 4.24. The van der Waals surface area contributed by atoms with Crippen molar-refractivity contribution in [2.45, 2.75) is 19.3 Å². The number of ether oxygens (including phenoxy) is 1. The fourth-order valence-corrected chi connectivity index (χ4v) is 2.04. The fourth-order valence-electron chi connectivity index (χ4n) is 2.04. The van der Waals surface area contributed by atoms with Gasteiger partial charge in [-0.15, -0.1) is 0 Å². The molecule has 0 heterocycles. The lowest BCUT2D eigenvalue weighted by atomic mass is 10.0. The lowest BCUT2D eigenvalue weighted by Crippen LogP contribution is -1.91. The molecule has 0 saturated carbocycles. The van der Waals surface area contributed by atoms with Gasteiger partial charge in [0.15, 0.2) is 0 Å². The molecule has 0 aliphatic heterocycles. The molecule has 2 aromatic carbocycles. The van der Waals surface area contributed by atoms with Crippen LogP contribution in [0.25, 0.3) is 0 Å². The van der Waals surface area contributed by atoms with Gasteiger partial charge < -0.3 is 9.84 Å². The summed E-state index contributed by atoms with van der Waals surface area (Å²) in [4.78, 5) is 0. The third-order valence-electron chi connectivity index (χ3n) is 2.98. The average molecular weight is 242 g/mol. The van der Waals surface area contributed by atoms with E-state index in [9.17, 15) is 5.11 Å². The standard InChI is InChI=1S/C16H18O2/c1-18-16-10-4-8-14(12-16)6-2-5-13-7-3-9-15(17)11-13/h3-4,7-12,17H,2,5-6H2,1H3. The van der Waals surface area contributed by atoms with Crippen molar-refractivity contribution in [2.75, 3.05) is 7.11 Å². The summed E-state index contributed by atoms with van der Waals surface area (Å²) in [5.74, 6) is 1.25. The zero-order chi connectivity index (χ0) is 12.8. The maximum atomic E-state index is 9.38. The van der Waals surface area contributed by atoms with E-state index in [4.69, 9.17) is 4.74 Å². The molecule has 0 radical (unpaired) electrons. The molecule has 0 amide bonds. The monoisotopic (exact) mass is 242 g/mol. The Bertz CT molecular complexity index is 506. The maximum Gasteiger partial charge on any atom is 0.119 e. The zero-order valence-electron chi connectivity index (χ0n) is 10.6. The molecule has 0 atom stereocenters. The van der Waals surface area contributed by atoms with E-state index in [0.29, 0.717) is 5.75 Å². The van der Waals surface area contributed by atoms with Crippen LogP contribution in [-0.4, -0.2) is 12.2 Å². The van der Waals surface area contributed by atoms with Gasteiger partial charge in [0.05, 0.1) is 7.11 Å². The summed E-state index contributed by atoms with van der Waals surface area (Å²) in [6.45, 7) is 0. The molecular formula is C16H18O2. The van der Waals surface area contributed by atoms with Crippen LogP contribution in [0, 0.1) is 0 Å². The first-order chi connectivity index (χ1) is 8.78. The summed E-state index contributed by atoms with van der Waals surface area (Å²) in [6, 6.07) is 15.6. The Hall–Kier alpha value is -1.96. The molecular weight excluding hydrogens is 224 g/mol. The SMILES string of the molecule is COc1cccc(CCCc2cccc(O)c2)c1. The summed E-state index contributed by atoms with van der Waals surface area (Å²) in [5.41, 5.74) is 2.47. The Morgan fingerprint density at radius 2 is 1.61 bits per heavy atom. The van der Waals surface area contributed by atoms with Gasteiger partial charge in [-0.3, -0.25) is 0 Å². The Morgan fingerprint density at radius 3 is 2.28 bits per heavy atom. The van der Waals surface area contributed by atoms with Crippen molar-refractivity contribution in [1.29, 1.82) is 0 Å². The number of aryl methyl sites for hydroxylation is 2. The third-order valence-corrected chi connectivity index (χ3v) is 2.98. The van der Waals surface area contributed by atoms with Crippen molar-refractivity contribution in [3.8, 4) is 11.5 Å². The molecule has 0 saturated heterocycles. The highest BCUT2D eigenvalue weighted by molar-refractivity contribution is 5.29. The first-order valence-corrected chi connectivity index (χ1v) is 6.19. The van der Waals surface area contributed by atoms with Crippen molar-refractivity contribution in [2.24, 2.45) is 0 Å². The number of hydrogen-bond donors (Lipinski definition) is 1. The molecule has 2 heteroatoms. The summed E-state index contributed by atoms with van der Waals surface area (Å²) < 4.78 is 5.20. The molecule has 0 bridgehead atoms. The van der Waals surface area contributed by atoms with Gasteiger partial charge in [0.1, 0.15) is 11.5 Å². The van der Waals surface area contributed by atoms with Crippen LogP contribution < -0.4 is 4.74 Å². The van der Waals surface area contributed by atoms with Gasteiger partial charge in [-0.2, -0.15) is 0 Å². The quantitative estimate of drug-likeness (QED) is 0.868. The Labute approximate surface area is 108 Å². The minimum atomic E-state index is 0.342. The van der Waals surface area contributed by atoms with E-state index in [0.717, 1.165) is 25.0 Å². The largest absolute Gasteiger partial charge is 0.508 e. The molecule has 0 unspecified atom stereocenters. The third kappa shape index (κ3) is 3.52. The van der Waals surface area contributed by atoms with E-state index in [1.54, 1.807) is 13.2 Å². The molecule has 0 aliphatic rings. The van der Waals surface area contributed by atoms with Crippen molar-refractivity contribution in [3.05, 3.63) is 59.7 Å². The second kappa shape index (κ2) is 6.10. The molecule has 1 N–H and O–H groups in total. The number of hydrogen-bond acceptors (Lipinski definition) is 2. The van der Waals surface area contributed by atoms with E-state index in [-0.39, 0.29) is 0 Å². The van der Waals surface area contributed by atoms with Gasteiger partial charge in [-0.25, -0.2) is 0 Å². The number of aromatic hydroxyl groups is 1. The summed E-state index contributed by atoms with van der Waals surface area (Å²) in [5, 5.41) is 9.38. The van der Waals surface area contributed by atoms with Gasteiger partial charge in [-0.05, 0) is 54.7 Å². The van der Waals surface area contributed by atoms with Crippen LogP contribution in [-0.2, 0) is 12.8 Å². The van der Waals surface area contributed by atoms with Crippen LogP contribution in [0.2, 0.25) is 0 Å². The minimum absolute atomic E-state index is 0.342.